The fraction of sp³-hybridized carbons (Fsp3) is 0.357. The van der Waals surface area contributed by atoms with Crippen molar-refractivity contribution in [3.05, 3.63) is 27.7 Å². The normalized spacial score (nSPS) is 10.7. The monoisotopic (exact) mass is 356 g/mol. The van der Waals surface area contributed by atoms with Gasteiger partial charge in [0.1, 0.15) is 5.60 Å². The van der Waals surface area contributed by atoms with Crippen molar-refractivity contribution < 1.29 is 19.1 Å². The molecule has 0 spiro atoms. The van der Waals surface area contributed by atoms with Crippen molar-refractivity contribution in [2.24, 2.45) is 0 Å². The first kappa shape index (κ1) is 17.2. The molecule has 2 N–H and O–H groups in total. The van der Waals surface area contributed by atoms with Crippen LogP contribution in [0.2, 0.25) is 0 Å². The molecular formula is C14H17BrN2O4. The second kappa shape index (κ2) is 6.71. The number of carbonyl (C=O) groups is 2. The summed E-state index contributed by atoms with van der Waals surface area (Å²) in [6, 6.07) is 2.95. The van der Waals surface area contributed by atoms with Crippen molar-refractivity contribution in [2.75, 3.05) is 12.4 Å². The summed E-state index contributed by atoms with van der Waals surface area (Å²) < 4.78 is 10.3. The lowest BCUT2D eigenvalue weighted by molar-refractivity contribution is 0.0596. The highest BCUT2D eigenvalue weighted by molar-refractivity contribution is 9.10. The number of benzene rings is 1. The van der Waals surface area contributed by atoms with Gasteiger partial charge < -0.3 is 14.9 Å². The van der Waals surface area contributed by atoms with Crippen LogP contribution in [0.4, 0.5) is 10.5 Å². The minimum absolute atomic E-state index is 0.251. The van der Waals surface area contributed by atoms with Gasteiger partial charge in [0.25, 0.3) is 0 Å². The first-order valence-corrected chi connectivity index (χ1v) is 6.89. The van der Waals surface area contributed by atoms with E-state index >= 15 is 0 Å². The van der Waals surface area contributed by atoms with Gasteiger partial charge in [0.05, 0.1) is 18.4 Å². The molecule has 0 atom stereocenters. The molecule has 0 bridgehead atoms. The number of methoxy groups -OCH3 is 1. The molecule has 0 heterocycles. The third kappa shape index (κ3) is 4.86. The molecule has 1 aromatic carbocycles. The van der Waals surface area contributed by atoms with Crippen LogP contribution in [-0.4, -0.2) is 31.0 Å². The van der Waals surface area contributed by atoms with E-state index in [-0.39, 0.29) is 11.3 Å². The molecule has 7 heteroatoms. The topological polar surface area (TPSA) is 88.5 Å². The number of ether oxygens (including phenoxy) is 2. The summed E-state index contributed by atoms with van der Waals surface area (Å²) in [5, 5.41) is 9.94. The van der Waals surface area contributed by atoms with E-state index < -0.39 is 17.7 Å². The Bertz CT molecular complexity index is 579. The maximum atomic E-state index is 11.8. The van der Waals surface area contributed by atoms with E-state index in [1.807, 2.05) is 0 Å². The van der Waals surface area contributed by atoms with E-state index in [1.165, 1.54) is 19.2 Å². The number of rotatable bonds is 3. The predicted octanol–water partition coefficient (Wildman–Crippen LogP) is 3.58. The third-order valence-electron chi connectivity index (χ3n) is 2.33. The number of carbonyl (C=O) groups excluding carboxylic acids is 2. The zero-order valence-corrected chi connectivity index (χ0v) is 13.8. The van der Waals surface area contributed by atoms with Crippen LogP contribution in [0.5, 0.6) is 0 Å². The average Bonchev–Trinajstić information content (AvgIpc) is 2.35. The molecule has 6 nitrogen and oxygen atoms in total. The molecule has 0 aromatic heterocycles. The molecule has 0 aliphatic heterocycles. The smallest absolute Gasteiger partial charge is 0.412 e. The van der Waals surface area contributed by atoms with Gasteiger partial charge in [-0.3, -0.25) is 5.32 Å². The van der Waals surface area contributed by atoms with Crippen LogP contribution in [0.15, 0.2) is 16.6 Å². The second-order valence-corrected chi connectivity index (χ2v) is 6.04. The van der Waals surface area contributed by atoms with Crippen molar-refractivity contribution in [3.63, 3.8) is 0 Å². The number of esters is 1. The Kier molecular flexibility index (Phi) is 5.48. The van der Waals surface area contributed by atoms with Crippen LogP contribution in [0.3, 0.4) is 0 Å². The highest BCUT2D eigenvalue weighted by Gasteiger charge is 2.19. The molecule has 0 aliphatic carbocycles. The molecule has 0 aliphatic rings. The zero-order valence-electron chi connectivity index (χ0n) is 12.2. The fourth-order valence-electron chi connectivity index (χ4n) is 1.52. The lowest BCUT2D eigenvalue weighted by Crippen LogP contribution is -2.27. The summed E-state index contributed by atoms with van der Waals surface area (Å²) in [7, 11) is 1.27. The summed E-state index contributed by atoms with van der Waals surface area (Å²) in [6.45, 7) is 5.22. The van der Waals surface area contributed by atoms with Crippen molar-refractivity contribution in [1.82, 2.24) is 0 Å². The molecule has 0 unspecified atom stereocenters. The lowest BCUT2D eigenvalue weighted by Gasteiger charge is -2.20. The van der Waals surface area contributed by atoms with Crippen LogP contribution < -0.4 is 5.32 Å². The number of amides is 1. The van der Waals surface area contributed by atoms with E-state index in [0.717, 1.165) is 6.21 Å². The van der Waals surface area contributed by atoms with E-state index in [9.17, 15) is 9.59 Å². The maximum absolute atomic E-state index is 11.8. The quantitative estimate of drug-likeness (QED) is 0.639. The number of hydrogen-bond acceptors (Lipinski definition) is 5. The van der Waals surface area contributed by atoms with Crippen molar-refractivity contribution in [2.45, 2.75) is 26.4 Å². The number of hydrogen-bond donors (Lipinski definition) is 2. The van der Waals surface area contributed by atoms with E-state index in [2.05, 4.69) is 26.0 Å². The molecule has 1 rings (SSSR count). The van der Waals surface area contributed by atoms with Crippen molar-refractivity contribution >= 4 is 39.9 Å². The van der Waals surface area contributed by atoms with E-state index in [4.69, 9.17) is 10.1 Å². The molecule has 1 aromatic rings. The van der Waals surface area contributed by atoms with E-state index in [0.29, 0.717) is 10.0 Å². The summed E-state index contributed by atoms with van der Waals surface area (Å²) in [6.07, 6.45) is 0.400. The van der Waals surface area contributed by atoms with Crippen molar-refractivity contribution in [3.8, 4) is 0 Å². The number of nitrogens with one attached hydrogen (secondary N) is 2. The average molecular weight is 357 g/mol. The molecule has 21 heavy (non-hydrogen) atoms. The Morgan fingerprint density at radius 1 is 1.33 bits per heavy atom. The Hall–Kier alpha value is -1.89. The minimum Gasteiger partial charge on any atom is -0.465 e. The highest BCUT2D eigenvalue weighted by Crippen LogP contribution is 2.26. The van der Waals surface area contributed by atoms with Gasteiger partial charge in [-0.25, -0.2) is 9.59 Å². The van der Waals surface area contributed by atoms with Crippen LogP contribution in [0, 0.1) is 5.41 Å². The molecule has 114 valence electrons. The van der Waals surface area contributed by atoms with Gasteiger partial charge in [0.2, 0.25) is 0 Å². The van der Waals surface area contributed by atoms with Gasteiger partial charge in [0.15, 0.2) is 0 Å². The van der Waals surface area contributed by atoms with Crippen LogP contribution in [-0.2, 0) is 9.47 Å². The standard InChI is InChI=1S/C14H17BrN2O4/c1-14(2,3)21-13(19)17-11-6-8(12(18)20-4)5-10(15)9(11)7-16/h5-7,16H,1-4H3,(H,17,19). The molecular weight excluding hydrogens is 340 g/mol. The molecule has 0 fully saturated rings. The largest absolute Gasteiger partial charge is 0.465 e. The first-order valence-electron chi connectivity index (χ1n) is 6.10. The van der Waals surface area contributed by atoms with Gasteiger partial charge in [-0.2, -0.15) is 0 Å². The highest BCUT2D eigenvalue weighted by atomic mass is 79.9. The Morgan fingerprint density at radius 2 is 1.95 bits per heavy atom. The predicted molar refractivity (Wildman–Crippen MR) is 83.2 cm³/mol. The van der Waals surface area contributed by atoms with Crippen LogP contribution >= 0.6 is 15.9 Å². The Labute approximate surface area is 131 Å². The summed E-state index contributed by atoms with van der Waals surface area (Å²) in [4.78, 5) is 23.4. The lowest BCUT2D eigenvalue weighted by atomic mass is 10.1. The van der Waals surface area contributed by atoms with E-state index in [1.54, 1.807) is 20.8 Å². The summed E-state index contributed by atoms with van der Waals surface area (Å²) in [5.41, 5.74) is 0.315. The zero-order chi connectivity index (χ0) is 16.2. The Balaban J connectivity index is 3.14. The second-order valence-electron chi connectivity index (χ2n) is 5.18. The molecule has 1 amide bonds. The van der Waals surface area contributed by atoms with Crippen molar-refractivity contribution in [1.29, 1.82) is 5.41 Å². The first-order chi connectivity index (χ1) is 9.67. The fourth-order valence-corrected chi connectivity index (χ4v) is 2.09. The Morgan fingerprint density at radius 3 is 2.43 bits per heavy atom. The molecule has 0 saturated carbocycles. The van der Waals surface area contributed by atoms with Crippen LogP contribution in [0.1, 0.15) is 36.7 Å². The van der Waals surface area contributed by atoms with Gasteiger partial charge in [-0.1, -0.05) is 15.9 Å². The van der Waals surface area contributed by atoms with Gasteiger partial charge in [-0.05, 0) is 32.9 Å². The van der Waals surface area contributed by atoms with Gasteiger partial charge in [-0.15, -0.1) is 0 Å². The maximum Gasteiger partial charge on any atom is 0.412 e. The molecule has 0 saturated heterocycles. The number of halogens is 1. The SMILES string of the molecule is COC(=O)c1cc(Br)c(C=N)c(NC(=O)OC(C)(C)C)c1. The molecule has 0 radical (unpaired) electrons. The minimum atomic E-state index is -0.667. The third-order valence-corrected chi connectivity index (χ3v) is 2.99. The summed E-state index contributed by atoms with van der Waals surface area (Å²) in [5.74, 6) is -0.542. The van der Waals surface area contributed by atoms with Crippen LogP contribution in [0.25, 0.3) is 0 Å². The number of anilines is 1. The van der Waals surface area contributed by atoms with Gasteiger partial charge in [0, 0.05) is 16.3 Å². The van der Waals surface area contributed by atoms with Gasteiger partial charge >= 0.3 is 12.1 Å². The summed E-state index contributed by atoms with van der Waals surface area (Å²) >= 11 is 3.26.